The zero-order chi connectivity index (χ0) is 18.0. The third-order valence-electron chi connectivity index (χ3n) is 4.73. The quantitative estimate of drug-likeness (QED) is 0.782. The lowest BCUT2D eigenvalue weighted by molar-refractivity contribution is -0.117. The van der Waals surface area contributed by atoms with E-state index in [2.05, 4.69) is 12.2 Å². The highest BCUT2D eigenvalue weighted by molar-refractivity contribution is 5.91. The summed E-state index contributed by atoms with van der Waals surface area (Å²) in [5.74, 6) is 3.60. The molecular formula is C21H25NO3. The number of furan rings is 1. The Labute approximate surface area is 148 Å². The summed E-state index contributed by atoms with van der Waals surface area (Å²) in [6, 6.07) is 9.72. The second-order valence-corrected chi connectivity index (χ2v) is 6.87. The van der Waals surface area contributed by atoms with Crippen LogP contribution in [0.1, 0.15) is 54.9 Å². The van der Waals surface area contributed by atoms with Gasteiger partial charge in [0.15, 0.2) is 0 Å². The van der Waals surface area contributed by atoms with E-state index in [1.807, 2.05) is 44.2 Å². The van der Waals surface area contributed by atoms with Crippen LogP contribution in [-0.2, 0) is 4.79 Å². The van der Waals surface area contributed by atoms with Crippen LogP contribution < -0.4 is 10.1 Å². The first-order valence-corrected chi connectivity index (χ1v) is 8.70. The van der Waals surface area contributed by atoms with Crippen molar-refractivity contribution in [3.05, 3.63) is 59.1 Å². The van der Waals surface area contributed by atoms with Crippen LogP contribution in [0, 0.1) is 12.8 Å². The third kappa shape index (κ3) is 4.13. The van der Waals surface area contributed by atoms with E-state index in [-0.39, 0.29) is 11.9 Å². The van der Waals surface area contributed by atoms with Crippen LogP contribution in [-0.4, -0.2) is 13.0 Å². The Morgan fingerprint density at radius 1 is 1.36 bits per heavy atom. The van der Waals surface area contributed by atoms with Gasteiger partial charge in [-0.2, -0.15) is 0 Å². The van der Waals surface area contributed by atoms with Gasteiger partial charge in [-0.15, -0.1) is 0 Å². The van der Waals surface area contributed by atoms with E-state index in [1.54, 1.807) is 13.2 Å². The number of aryl methyl sites for hydroxylation is 1. The summed E-state index contributed by atoms with van der Waals surface area (Å²) in [5, 5.41) is 2.97. The summed E-state index contributed by atoms with van der Waals surface area (Å²) < 4.78 is 11.2. The molecule has 4 heteroatoms. The molecule has 1 N–H and O–H groups in total. The Bertz CT molecular complexity index is 790. The van der Waals surface area contributed by atoms with E-state index in [0.29, 0.717) is 17.6 Å². The molecule has 0 bridgehead atoms. The van der Waals surface area contributed by atoms with Crippen molar-refractivity contribution in [3.8, 4) is 5.75 Å². The topological polar surface area (TPSA) is 51.5 Å². The molecule has 1 aliphatic rings. The zero-order valence-electron chi connectivity index (χ0n) is 15.2. The Balaban J connectivity index is 1.62. The molecule has 132 valence electrons. The molecule has 1 heterocycles. The minimum Gasteiger partial charge on any atom is -0.496 e. The van der Waals surface area contributed by atoms with Gasteiger partial charge in [-0.25, -0.2) is 0 Å². The number of carbonyl (C=O) groups is 1. The van der Waals surface area contributed by atoms with Crippen LogP contribution in [0.4, 0.5) is 0 Å². The van der Waals surface area contributed by atoms with Crippen molar-refractivity contribution in [2.24, 2.45) is 5.92 Å². The van der Waals surface area contributed by atoms with Crippen LogP contribution >= 0.6 is 0 Å². The van der Waals surface area contributed by atoms with Gasteiger partial charge in [0.2, 0.25) is 5.91 Å². The summed E-state index contributed by atoms with van der Waals surface area (Å²) in [5.41, 5.74) is 2.09. The molecule has 1 amide bonds. The van der Waals surface area contributed by atoms with Crippen molar-refractivity contribution in [1.29, 1.82) is 0 Å². The molecule has 3 rings (SSSR count). The maximum atomic E-state index is 12.2. The van der Waals surface area contributed by atoms with Gasteiger partial charge in [-0.3, -0.25) is 4.79 Å². The van der Waals surface area contributed by atoms with E-state index < -0.39 is 0 Å². The highest BCUT2D eigenvalue weighted by Gasteiger charge is 2.36. The number of rotatable bonds is 6. The Kier molecular flexibility index (Phi) is 4.98. The highest BCUT2D eigenvalue weighted by Crippen LogP contribution is 2.47. The van der Waals surface area contributed by atoms with Crippen LogP contribution in [0.5, 0.6) is 5.75 Å². The molecule has 1 aliphatic carbocycles. The number of nitrogens with one attached hydrogen (secondary N) is 1. The maximum Gasteiger partial charge on any atom is 0.244 e. The van der Waals surface area contributed by atoms with E-state index in [0.717, 1.165) is 22.6 Å². The average molecular weight is 339 g/mol. The molecule has 3 unspecified atom stereocenters. The molecule has 1 aromatic carbocycles. The van der Waals surface area contributed by atoms with Crippen LogP contribution in [0.25, 0.3) is 6.08 Å². The lowest BCUT2D eigenvalue weighted by atomic mass is 10.0. The molecule has 4 nitrogen and oxygen atoms in total. The fourth-order valence-corrected chi connectivity index (χ4v) is 3.07. The van der Waals surface area contributed by atoms with Crippen molar-refractivity contribution < 1.29 is 13.9 Å². The van der Waals surface area contributed by atoms with Crippen molar-refractivity contribution in [1.82, 2.24) is 5.32 Å². The molecule has 0 aliphatic heterocycles. The Morgan fingerprint density at radius 2 is 2.12 bits per heavy atom. The normalized spacial score (nSPS) is 20.5. The van der Waals surface area contributed by atoms with E-state index in [1.165, 1.54) is 12.5 Å². The average Bonchev–Trinajstić information content (AvgIpc) is 3.13. The monoisotopic (exact) mass is 339 g/mol. The predicted molar refractivity (Wildman–Crippen MR) is 98.6 cm³/mol. The summed E-state index contributed by atoms with van der Waals surface area (Å²) >= 11 is 0. The minimum atomic E-state index is -0.159. The Hall–Kier alpha value is -2.49. The van der Waals surface area contributed by atoms with E-state index in [4.69, 9.17) is 9.15 Å². The fraction of sp³-hybridized carbons (Fsp3) is 0.381. The molecule has 1 aromatic heterocycles. The maximum absolute atomic E-state index is 12.2. The van der Waals surface area contributed by atoms with E-state index in [9.17, 15) is 4.79 Å². The molecule has 0 radical (unpaired) electrons. The fourth-order valence-electron chi connectivity index (χ4n) is 3.07. The van der Waals surface area contributed by atoms with Gasteiger partial charge < -0.3 is 14.5 Å². The van der Waals surface area contributed by atoms with Crippen LogP contribution in [0.2, 0.25) is 0 Å². The Morgan fingerprint density at radius 3 is 2.80 bits per heavy atom. The lowest BCUT2D eigenvalue weighted by Gasteiger charge is -2.17. The first-order valence-electron chi connectivity index (χ1n) is 8.70. The smallest absolute Gasteiger partial charge is 0.244 e. The first kappa shape index (κ1) is 17.3. The molecule has 3 atom stereocenters. The number of carbonyl (C=O) groups excluding carboxylic acids is 1. The van der Waals surface area contributed by atoms with Gasteiger partial charge in [0.1, 0.15) is 17.3 Å². The predicted octanol–water partition coefficient (Wildman–Crippen LogP) is 4.61. The van der Waals surface area contributed by atoms with Gasteiger partial charge in [0.25, 0.3) is 0 Å². The van der Waals surface area contributed by atoms with Gasteiger partial charge in [0.05, 0.1) is 13.2 Å². The standard InChI is InChI=1S/C21H25NO3/c1-13-5-8-19(24-4)18(11-13)15(3)22-21(23)10-7-16-6-9-20(25-16)17-12-14(17)2/h5-11,14-15,17H,12H2,1-4H3,(H,22,23). The van der Waals surface area contributed by atoms with Crippen molar-refractivity contribution in [2.75, 3.05) is 7.11 Å². The lowest BCUT2D eigenvalue weighted by Crippen LogP contribution is -2.25. The third-order valence-corrected chi connectivity index (χ3v) is 4.73. The number of methoxy groups -OCH3 is 1. The van der Waals surface area contributed by atoms with Crippen molar-refractivity contribution in [2.45, 2.75) is 39.2 Å². The number of benzene rings is 1. The first-order chi connectivity index (χ1) is 12.0. The molecule has 25 heavy (non-hydrogen) atoms. The van der Waals surface area contributed by atoms with Crippen molar-refractivity contribution >= 4 is 12.0 Å². The second-order valence-electron chi connectivity index (χ2n) is 6.87. The van der Waals surface area contributed by atoms with Gasteiger partial charge in [-0.1, -0.05) is 24.6 Å². The van der Waals surface area contributed by atoms with Gasteiger partial charge >= 0.3 is 0 Å². The summed E-state index contributed by atoms with van der Waals surface area (Å²) in [6.07, 6.45) is 4.41. The molecule has 0 spiro atoms. The minimum absolute atomic E-state index is 0.147. The van der Waals surface area contributed by atoms with Crippen LogP contribution in [0.3, 0.4) is 0 Å². The zero-order valence-corrected chi connectivity index (χ0v) is 15.2. The molecule has 1 fully saturated rings. The summed E-state index contributed by atoms with van der Waals surface area (Å²) in [7, 11) is 1.64. The van der Waals surface area contributed by atoms with Gasteiger partial charge in [0, 0.05) is 17.6 Å². The van der Waals surface area contributed by atoms with E-state index >= 15 is 0 Å². The summed E-state index contributed by atoms with van der Waals surface area (Å²) in [4.78, 5) is 12.2. The highest BCUT2D eigenvalue weighted by atomic mass is 16.5. The van der Waals surface area contributed by atoms with Gasteiger partial charge in [-0.05, 0) is 50.5 Å². The van der Waals surface area contributed by atoms with Crippen LogP contribution in [0.15, 0.2) is 40.8 Å². The number of hydrogen-bond acceptors (Lipinski definition) is 3. The second kappa shape index (κ2) is 7.18. The largest absolute Gasteiger partial charge is 0.496 e. The number of ether oxygens (including phenoxy) is 1. The molecule has 2 aromatic rings. The molecule has 1 saturated carbocycles. The number of hydrogen-bond donors (Lipinski definition) is 1. The number of amides is 1. The van der Waals surface area contributed by atoms with Crippen molar-refractivity contribution in [3.63, 3.8) is 0 Å². The SMILES string of the molecule is COc1ccc(C)cc1C(C)NC(=O)C=Cc1ccc(C2CC2C)o1. The molecule has 0 saturated heterocycles. The summed E-state index contributed by atoms with van der Waals surface area (Å²) in [6.45, 7) is 6.19. The molecular weight excluding hydrogens is 314 g/mol.